The van der Waals surface area contributed by atoms with Crippen molar-refractivity contribution in [2.24, 2.45) is 4.99 Å². The smallest absolute Gasteiger partial charge is 0.0684 e. The highest BCUT2D eigenvalue weighted by atomic mass is 32.2. The van der Waals surface area contributed by atoms with Crippen molar-refractivity contribution in [1.82, 2.24) is 0 Å². The van der Waals surface area contributed by atoms with E-state index in [1.165, 1.54) is 0 Å². The van der Waals surface area contributed by atoms with Crippen molar-refractivity contribution in [3.05, 3.63) is 6.92 Å². The van der Waals surface area contributed by atoms with Gasteiger partial charge in [0.2, 0.25) is 0 Å². The molecule has 1 unspecified atom stereocenters. The molecule has 0 saturated carbocycles. The molecule has 0 saturated heterocycles. The first-order valence-electron chi connectivity index (χ1n) is 2.31. The Bertz CT molecular complexity index is 98.3. The summed E-state index contributed by atoms with van der Waals surface area (Å²) in [6.07, 6.45) is 0. The van der Waals surface area contributed by atoms with Crippen LogP contribution in [-0.4, -0.2) is 16.8 Å². The SMILES string of the molecule is [CH2]C1=NC(C)CS1. The Balaban J connectivity index is 2.50. The Morgan fingerprint density at radius 2 is 2.71 bits per heavy atom. The van der Waals surface area contributed by atoms with Crippen molar-refractivity contribution in [1.29, 1.82) is 0 Å². The molecule has 7 heavy (non-hydrogen) atoms. The van der Waals surface area contributed by atoms with Gasteiger partial charge in [-0.25, -0.2) is 0 Å². The fraction of sp³-hybridized carbons (Fsp3) is 0.600. The van der Waals surface area contributed by atoms with Gasteiger partial charge in [0.05, 0.1) is 11.1 Å². The third kappa shape index (κ3) is 1.20. The molecular weight excluding hydrogens is 106 g/mol. The summed E-state index contributed by atoms with van der Waals surface area (Å²) in [6.45, 7) is 5.80. The van der Waals surface area contributed by atoms with Crippen LogP contribution in [-0.2, 0) is 0 Å². The Morgan fingerprint density at radius 1 is 2.00 bits per heavy atom. The Morgan fingerprint density at radius 3 is 2.86 bits per heavy atom. The second kappa shape index (κ2) is 1.86. The van der Waals surface area contributed by atoms with Gasteiger partial charge in [0, 0.05) is 12.7 Å². The van der Waals surface area contributed by atoms with Crippen LogP contribution in [0.3, 0.4) is 0 Å². The first-order valence-corrected chi connectivity index (χ1v) is 3.30. The second-order valence-corrected chi connectivity index (χ2v) is 2.78. The fourth-order valence-corrected chi connectivity index (χ4v) is 1.30. The number of aliphatic imine (C=N–C) groups is 1. The van der Waals surface area contributed by atoms with Crippen molar-refractivity contribution in [3.8, 4) is 0 Å². The van der Waals surface area contributed by atoms with Gasteiger partial charge in [-0.15, -0.1) is 11.8 Å². The highest BCUT2D eigenvalue weighted by Crippen LogP contribution is 2.15. The van der Waals surface area contributed by atoms with Gasteiger partial charge >= 0.3 is 0 Å². The van der Waals surface area contributed by atoms with Gasteiger partial charge in [0.1, 0.15) is 0 Å². The van der Waals surface area contributed by atoms with Crippen LogP contribution in [0.15, 0.2) is 4.99 Å². The summed E-state index contributed by atoms with van der Waals surface area (Å²) >= 11 is 1.74. The molecule has 0 fully saturated rings. The van der Waals surface area contributed by atoms with Crippen LogP contribution in [0.4, 0.5) is 0 Å². The normalized spacial score (nSPS) is 30.6. The highest BCUT2D eigenvalue weighted by Gasteiger charge is 2.07. The summed E-state index contributed by atoms with van der Waals surface area (Å²) in [7, 11) is 0. The molecule has 2 heteroatoms. The average molecular weight is 114 g/mol. The lowest BCUT2D eigenvalue weighted by Crippen LogP contribution is -1.92. The summed E-state index contributed by atoms with van der Waals surface area (Å²) in [4.78, 5) is 4.16. The molecule has 0 aromatic heterocycles. The number of hydrogen-bond acceptors (Lipinski definition) is 2. The quantitative estimate of drug-likeness (QED) is 0.463. The van der Waals surface area contributed by atoms with Gasteiger partial charge < -0.3 is 0 Å². The first-order chi connectivity index (χ1) is 3.29. The Hall–Kier alpha value is 0.0200. The second-order valence-electron chi connectivity index (χ2n) is 1.68. The molecule has 0 aliphatic carbocycles. The molecule has 1 atom stereocenters. The maximum Gasteiger partial charge on any atom is 0.0684 e. The molecule has 39 valence electrons. The molecule has 1 nitrogen and oxygen atoms in total. The number of thioether (sulfide) groups is 1. The van der Waals surface area contributed by atoms with E-state index in [2.05, 4.69) is 18.8 Å². The maximum absolute atomic E-state index is 4.16. The van der Waals surface area contributed by atoms with Crippen LogP contribution in [0, 0.1) is 6.92 Å². The van der Waals surface area contributed by atoms with E-state index in [1.54, 1.807) is 11.8 Å². The molecule has 1 rings (SSSR count). The van der Waals surface area contributed by atoms with Crippen molar-refractivity contribution in [3.63, 3.8) is 0 Å². The van der Waals surface area contributed by atoms with Crippen LogP contribution >= 0.6 is 11.8 Å². The minimum Gasteiger partial charge on any atom is -0.279 e. The van der Waals surface area contributed by atoms with Gasteiger partial charge in [0.15, 0.2) is 0 Å². The number of rotatable bonds is 0. The van der Waals surface area contributed by atoms with Crippen LogP contribution in [0.25, 0.3) is 0 Å². The minimum absolute atomic E-state index is 0.512. The van der Waals surface area contributed by atoms with E-state index >= 15 is 0 Å². The van der Waals surface area contributed by atoms with E-state index in [1.807, 2.05) is 0 Å². The molecular formula is C5H8NS. The summed E-state index contributed by atoms with van der Waals surface area (Å²) in [6, 6.07) is 0.512. The standard InChI is InChI=1S/C5H8NS/c1-4-3-7-5(2)6-4/h4H,2-3H2,1H3. The average Bonchev–Trinajstić information content (AvgIpc) is 1.87. The lowest BCUT2D eigenvalue weighted by molar-refractivity contribution is 0.866. The van der Waals surface area contributed by atoms with Gasteiger partial charge in [-0.1, -0.05) is 0 Å². The predicted molar refractivity (Wildman–Crippen MR) is 34.7 cm³/mol. The maximum atomic E-state index is 4.16. The Kier molecular flexibility index (Phi) is 1.38. The highest BCUT2D eigenvalue weighted by molar-refractivity contribution is 8.14. The Labute approximate surface area is 48.2 Å². The predicted octanol–water partition coefficient (Wildman–Crippen LogP) is 1.35. The molecule has 1 aliphatic rings. The van der Waals surface area contributed by atoms with Crippen LogP contribution in [0.5, 0.6) is 0 Å². The van der Waals surface area contributed by atoms with Gasteiger partial charge in [0.25, 0.3) is 0 Å². The molecule has 0 amide bonds. The zero-order valence-corrected chi connectivity index (χ0v) is 5.16. The number of hydrogen-bond donors (Lipinski definition) is 0. The fourth-order valence-electron chi connectivity index (χ4n) is 0.537. The summed E-state index contributed by atoms with van der Waals surface area (Å²) in [5, 5.41) is 0.993. The molecule has 0 aromatic carbocycles. The van der Waals surface area contributed by atoms with Crippen LogP contribution in [0.2, 0.25) is 0 Å². The van der Waals surface area contributed by atoms with Crippen molar-refractivity contribution >= 4 is 16.8 Å². The van der Waals surface area contributed by atoms with E-state index in [-0.39, 0.29) is 0 Å². The zero-order chi connectivity index (χ0) is 5.28. The van der Waals surface area contributed by atoms with E-state index < -0.39 is 0 Å². The van der Waals surface area contributed by atoms with E-state index in [9.17, 15) is 0 Å². The monoisotopic (exact) mass is 114 g/mol. The lowest BCUT2D eigenvalue weighted by atomic mass is 10.4. The van der Waals surface area contributed by atoms with Gasteiger partial charge in [-0.2, -0.15) is 0 Å². The van der Waals surface area contributed by atoms with Crippen molar-refractivity contribution in [2.45, 2.75) is 13.0 Å². The van der Waals surface area contributed by atoms with Crippen molar-refractivity contribution in [2.75, 3.05) is 5.75 Å². The summed E-state index contributed by atoms with van der Waals surface area (Å²) in [5.41, 5.74) is 0. The van der Waals surface area contributed by atoms with E-state index in [0.29, 0.717) is 6.04 Å². The molecule has 0 bridgehead atoms. The number of nitrogens with zero attached hydrogens (tertiary/aromatic N) is 1. The largest absolute Gasteiger partial charge is 0.279 e. The lowest BCUT2D eigenvalue weighted by Gasteiger charge is -1.87. The van der Waals surface area contributed by atoms with Gasteiger partial charge in [-0.3, -0.25) is 4.99 Å². The van der Waals surface area contributed by atoms with Gasteiger partial charge in [-0.05, 0) is 6.92 Å². The first kappa shape index (κ1) is 5.16. The molecule has 1 aliphatic heterocycles. The topological polar surface area (TPSA) is 12.4 Å². The van der Waals surface area contributed by atoms with Crippen LogP contribution in [0.1, 0.15) is 6.92 Å². The van der Waals surface area contributed by atoms with E-state index in [4.69, 9.17) is 0 Å². The molecule has 0 N–H and O–H groups in total. The third-order valence-electron chi connectivity index (χ3n) is 0.856. The molecule has 0 spiro atoms. The molecule has 1 radical (unpaired) electrons. The van der Waals surface area contributed by atoms with E-state index in [0.717, 1.165) is 10.8 Å². The summed E-state index contributed by atoms with van der Waals surface area (Å²) in [5.74, 6) is 1.12. The molecule has 1 heterocycles. The minimum atomic E-state index is 0.512. The zero-order valence-electron chi connectivity index (χ0n) is 4.35. The van der Waals surface area contributed by atoms with Crippen LogP contribution < -0.4 is 0 Å². The van der Waals surface area contributed by atoms with Crippen molar-refractivity contribution < 1.29 is 0 Å². The molecule has 0 aromatic rings. The summed E-state index contributed by atoms with van der Waals surface area (Å²) < 4.78 is 0. The third-order valence-corrected chi connectivity index (χ3v) is 1.94.